The fourth-order valence-corrected chi connectivity index (χ4v) is 0. The molecule has 2 nitrogen and oxygen atoms in total. The number of nitrogens with zero attached hydrogens (tertiary/aromatic N) is 1. The molecule has 0 atom stereocenters. The summed E-state index contributed by atoms with van der Waals surface area (Å²) in [6.45, 7) is -0.292. The Balaban J connectivity index is 1.97. The van der Waals surface area contributed by atoms with Crippen molar-refractivity contribution >= 4 is 0 Å². The van der Waals surface area contributed by atoms with Crippen LogP contribution in [0.5, 0.6) is 0 Å². The quantitative estimate of drug-likeness (QED) is 0.411. The highest BCUT2D eigenvalue weighted by molar-refractivity contribution is 3.97. The molecule has 23 valence electrons. The number of rotatable bonds is 1. The van der Waals surface area contributed by atoms with Gasteiger partial charge in [-0.05, 0) is 0 Å². The molecule has 0 aliphatic rings. The van der Waals surface area contributed by atoms with E-state index in [4.69, 9.17) is 5.73 Å². The van der Waals surface area contributed by atoms with E-state index in [1.54, 1.807) is 0 Å². The van der Waals surface area contributed by atoms with Crippen LogP contribution in [0.15, 0.2) is 0 Å². The number of hydrogen-bond donors (Lipinski definition) is 0. The summed E-state index contributed by atoms with van der Waals surface area (Å²) in [5.41, 5.74) is 7.59. The summed E-state index contributed by atoms with van der Waals surface area (Å²) in [6, 6.07) is 0. The average molecular weight is 58.1 g/mol. The van der Waals surface area contributed by atoms with Crippen molar-refractivity contribution in [2.24, 2.45) is 0 Å². The highest BCUT2D eigenvalue weighted by atomic mass is 16.5. The van der Waals surface area contributed by atoms with E-state index in [1.165, 1.54) is 0 Å². The van der Waals surface area contributed by atoms with Crippen molar-refractivity contribution in [1.29, 1.82) is 0 Å². The standard InChI is InChI=1S/C2H4NO/c1-4-2-3/h1-2H2. The van der Waals surface area contributed by atoms with E-state index in [1.807, 2.05) is 0 Å². The van der Waals surface area contributed by atoms with Crippen LogP contribution in [0, 0.1) is 7.11 Å². The first-order valence-corrected chi connectivity index (χ1v) is 0.894. The fraction of sp³-hybridized carbons (Fsp3) is 0.500. The minimum atomic E-state index is -0.292. The van der Waals surface area contributed by atoms with Crippen molar-refractivity contribution in [3.63, 3.8) is 0 Å². The Morgan fingerprint density at radius 2 is 2.25 bits per heavy atom. The van der Waals surface area contributed by atoms with Gasteiger partial charge in [0.15, 0.2) is 0 Å². The second-order valence-electron chi connectivity index (χ2n) is 0.333. The lowest BCUT2D eigenvalue weighted by molar-refractivity contribution is 0.246. The van der Waals surface area contributed by atoms with Gasteiger partial charge >= 0.3 is 0 Å². The molecule has 0 unspecified atom stereocenters. The van der Waals surface area contributed by atoms with Crippen LogP contribution in [0.3, 0.4) is 0 Å². The molecule has 2 heteroatoms. The van der Waals surface area contributed by atoms with Crippen molar-refractivity contribution in [3.8, 4) is 0 Å². The van der Waals surface area contributed by atoms with Gasteiger partial charge in [-0.15, -0.1) is 5.73 Å². The second kappa shape index (κ2) is 2.92. The lowest BCUT2D eigenvalue weighted by atomic mass is 11.3. The van der Waals surface area contributed by atoms with Gasteiger partial charge < -0.3 is 4.74 Å². The summed E-state index contributed by atoms with van der Waals surface area (Å²) in [4.78, 5) is 0. The van der Waals surface area contributed by atoms with Crippen LogP contribution in [0.1, 0.15) is 0 Å². The van der Waals surface area contributed by atoms with E-state index in [0.717, 1.165) is 0 Å². The summed E-state index contributed by atoms with van der Waals surface area (Å²) in [7, 11) is 2.85. The van der Waals surface area contributed by atoms with Gasteiger partial charge in [0.05, 0.1) is 7.11 Å². The molecule has 0 saturated heterocycles. The monoisotopic (exact) mass is 58.0 g/mol. The molecule has 0 aliphatic heterocycles. The normalized spacial score (nSPS) is 7.50. The third-order valence-electron chi connectivity index (χ3n) is 0.0913. The van der Waals surface area contributed by atoms with Gasteiger partial charge in [-0.3, -0.25) is 0 Å². The van der Waals surface area contributed by atoms with Crippen LogP contribution in [-0.2, 0) is 4.74 Å². The molecular weight excluding hydrogens is 54.0 g/mol. The largest absolute Gasteiger partial charge is 0.361 e. The molecular formula is C2H4NO. The summed E-state index contributed by atoms with van der Waals surface area (Å²) in [5, 5.41) is 0. The molecule has 0 heterocycles. The van der Waals surface area contributed by atoms with Crippen LogP contribution >= 0.6 is 0 Å². The first-order valence-electron chi connectivity index (χ1n) is 0.894. The predicted molar refractivity (Wildman–Crippen MR) is 13.4 cm³/mol. The van der Waals surface area contributed by atoms with Crippen LogP contribution in [-0.4, -0.2) is 6.73 Å². The predicted octanol–water partition coefficient (Wildman–Crippen LogP) is -0.179. The summed E-state index contributed by atoms with van der Waals surface area (Å²) in [6.07, 6.45) is 0. The van der Waals surface area contributed by atoms with Crippen molar-refractivity contribution < 1.29 is 4.74 Å². The third-order valence-corrected chi connectivity index (χ3v) is 0.0913. The van der Waals surface area contributed by atoms with E-state index in [0.29, 0.717) is 0 Å². The molecule has 0 aliphatic carbocycles. The van der Waals surface area contributed by atoms with Gasteiger partial charge in [0.2, 0.25) is 0 Å². The van der Waals surface area contributed by atoms with Gasteiger partial charge in [-0.2, -0.15) is 0 Å². The SMILES string of the molecule is [CH2]OC[N]. The van der Waals surface area contributed by atoms with Crippen LogP contribution < -0.4 is 5.73 Å². The maximum absolute atomic E-state index is 7.59. The van der Waals surface area contributed by atoms with Gasteiger partial charge in [0.25, 0.3) is 0 Å². The summed E-state index contributed by atoms with van der Waals surface area (Å²) in [5.74, 6) is 0. The molecule has 0 fully saturated rings. The van der Waals surface area contributed by atoms with Crippen molar-refractivity contribution in [3.05, 3.63) is 7.11 Å². The first kappa shape index (κ1) is 3.92. The zero-order valence-corrected chi connectivity index (χ0v) is 2.27. The Hall–Kier alpha value is -0.0800. The van der Waals surface area contributed by atoms with Crippen molar-refractivity contribution in [2.75, 3.05) is 6.73 Å². The summed E-state index contributed by atoms with van der Waals surface area (Å²) < 4.78 is 3.85. The Morgan fingerprint density at radius 1 is 2.00 bits per heavy atom. The maximum atomic E-state index is 7.59. The van der Waals surface area contributed by atoms with Gasteiger partial charge in [-0.1, -0.05) is 0 Å². The van der Waals surface area contributed by atoms with E-state index in [-0.39, 0.29) is 6.73 Å². The highest BCUT2D eigenvalue weighted by Crippen LogP contribution is 1.49. The molecule has 3 radical (unpaired) electrons. The fourth-order valence-electron chi connectivity index (χ4n) is 0. The summed E-state index contributed by atoms with van der Waals surface area (Å²) >= 11 is 0. The van der Waals surface area contributed by atoms with Crippen molar-refractivity contribution in [2.45, 2.75) is 0 Å². The minimum Gasteiger partial charge on any atom is -0.361 e. The van der Waals surface area contributed by atoms with E-state index in [9.17, 15) is 0 Å². The Morgan fingerprint density at radius 3 is 2.25 bits per heavy atom. The number of hydrogen-bond acceptors (Lipinski definition) is 1. The smallest absolute Gasteiger partial charge is 0.130 e. The van der Waals surface area contributed by atoms with E-state index >= 15 is 0 Å². The Kier molecular flexibility index (Phi) is 2.86. The molecule has 0 aromatic carbocycles. The van der Waals surface area contributed by atoms with E-state index < -0.39 is 0 Å². The maximum Gasteiger partial charge on any atom is 0.130 e. The van der Waals surface area contributed by atoms with Gasteiger partial charge in [0.1, 0.15) is 6.73 Å². The zero-order chi connectivity index (χ0) is 3.41. The lowest BCUT2D eigenvalue weighted by Gasteiger charge is -1.73. The molecule has 0 N–H and O–H groups in total. The Bertz CT molecular complexity index is 8.00. The third kappa shape index (κ3) is 1.92. The van der Waals surface area contributed by atoms with Crippen LogP contribution in [0.2, 0.25) is 0 Å². The molecule has 0 aromatic heterocycles. The molecule has 0 rings (SSSR count). The van der Waals surface area contributed by atoms with Crippen LogP contribution in [0.4, 0.5) is 0 Å². The van der Waals surface area contributed by atoms with Crippen molar-refractivity contribution in [1.82, 2.24) is 5.73 Å². The zero-order valence-electron chi connectivity index (χ0n) is 2.27. The lowest BCUT2D eigenvalue weighted by Crippen LogP contribution is -1.80. The molecule has 0 amide bonds. The number of ether oxygens (including phenoxy) is 1. The molecule has 4 heavy (non-hydrogen) atoms. The first-order chi connectivity index (χ1) is 1.91. The van der Waals surface area contributed by atoms with Gasteiger partial charge in [-0.25, -0.2) is 0 Å². The van der Waals surface area contributed by atoms with Gasteiger partial charge in [0, 0.05) is 0 Å². The molecule has 0 spiro atoms. The molecule has 0 bridgehead atoms. The topological polar surface area (TPSA) is 31.5 Å². The highest BCUT2D eigenvalue weighted by Gasteiger charge is 1.55. The molecule has 0 aromatic rings. The average Bonchev–Trinajstić information content (AvgIpc) is 1.37. The second-order valence-corrected chi connectivity index (χ2v) is 0.333. The minimum absolute atomic E-state index is 0.292. The van der Waals surface area contributed by atoms with E-state index in [2.05, 4.69) is 11.8 Å². The molecule has 0 saturated carbocycles. The van der Waals surface area contributed by atoms with Crippen LogP contribution in [0.25, 0.3) is 0 Å². The Labute approximate surface area is 25.6 Å².